The van der Waals surface area contributed by atoms with Gasteiger partial charge in [0, 0.05) is 6.54 Å². The van der Waals surface area contributed by atoms with Crippen molar-refractivity contribution >= 4 is 11.6 Å². The minimum absolute atomic E-state index is 0.570. The molecule has 0 aliphatic rings. The van der Waals surface area contributed by atoms with E-state index in [1.807, 2.05) is 6.07 Å². The summed E-state index contributed by atoms with van der Waals surface area (Å²) in [4.78, 5) is 8.14. The molecule has 0 amide bonds. The summed E-state index contributed by atoms with van der Waals surface area (Å²) >= 11 is 0. The van der Waals surface area contributed by atoms with Gasteiger partial charge in [0.1, 0.15) is 0 Å². The molecule has 1 heterocycles. The number of hydrogen-bond donors (Lipinski definition) is 2. The second kappa shape index (κ2) is 4.61. The lowest BCUT2D eigenvalue weighted by atomic mass is 10.1. The standard InChI is InChI=1S/C12H14N4/c1-9-3-2-4-10(5-9)6-14-12-15-7-11(13)8-16-12/h2-5,7-8H,6,13H2,1H3,(H,14,15,16). The molecule has 4 heteroatoms. The van der Waals surface area contributed by atoms with E-state index >= 15 is 0 Å². The van der Waals surface area contributed by atoms with Gasteiger partial charge in [-0.25, -0.2) is 9.97 Å². The fourth-order valence-corrected chi connectivity index (χ4v) is 1.43. The molecule has 2 rings (SSSR count). The summed E-state index contributed by atoms with van der Waals surface area (Å²) in [6.45, 7) is 2.79. The molecule has 3 N–H and O–H groups in total. The lowest BCUT2D eigenvalue weighted by Crippen LogP contribution is -2.03. The molecule has 0 aliphatic carbocycles. The van der Waals surface area contributed by atoms with E-state index in [4.69, 9.17) is 5.73 Å². The number of aryl methyl sites for hydroxylation is 1. The van der Waals surface area contributed by atoms with Gasteiger partial charge in [-0.2, -0.15) is 0 Å². The Balaban J connectivity index is 1.99. The van der Waals surface area contributed by atoms with E-state index in [2.05, 4.69) is 40.4 Å². The van der Waals surface area contributed by atoms with Crippen LogP contribution in [0.15, 0.2) is 36.7 Å². The van der Waals surface area contributed by atoms with Crippen LogP contribution in [-0.4, -0.2) is 9.97 Å². The van der Waals surface area contributed by atoms with Crippen molar-refractivity contribution in [3.63, 3.8) is 0 Å². The van der Waals surface area contributed by atoms with Crippen molar-refractivity contribution in [2.45, 2.75) is 13.5 Å². The molecule has 0 saturated carbocycles. The summed E-state index contributed by atoms with van der Waals surface area (Å²) < 4.78 is 0. The molecular weight excluding hydrogens is 200 g/mol. The maximum atomic E-state index is 5.50. The average molecular weight is 214 g/mol. The summed E-state index contributed by atoms with van der Waals surface area (Å²) in [7, 11) is 0. The second-order valence-electron chi connectivity index (χ2n) is 3.68. The first-order chi connectivity index (χ1) is 7.74. The number of nitrogens with one attached hydrogen (secondary N) is 1. The third-order valence-corrected chi connectivity index (χ3v) is 2.20. The number of aromatic nitrogens is 2. The van der Waals surface area contributed by atoms with E-state index in [1.165, 1.54) is 11.1 Å². The average Bonchev–Trinajstić information content (AvgIpc) is 2.28. The number of hydrogen-bond acceptors (Lipinski definition) is 4. The summed E-state index contributed by atoms with van der Waals surface area (Å²) in [6, 6.07) is 8.31. The predicted molar refractivity (Wildman–Crippen MR) is 65.0 cm³/mol. The predicted octanol–water partition coefficient (Wildman–Crippen LogP) is 1.98. The van der Waals surface area contributed by atoms with Gasteiger partial charge in [-0.05, 0) is 12.5 Å². The zero-order chi connectivity index (χ0) is 11.4. The van der Waals surface area contributed by atoms with Gasteiger partial charge in [-0.15, -0.1) is 0 Å². The van der Waals surface area contributed by atoms with Crippen LogP contribution in [0.4, 0.5) is 11.6 Å². The number of nitrogens with zero attached hydrogens (tertiary/aromatic N) is 2. The van der Waals surface area contributed by atoms with Gasteiger partial charge in [0.2, 0.25) is 5.95 Å². The number of benzene rings is 1. The van der Waals surface area contributed by atoms with E-state index in [-0.39, 0.29) is 0 Å². The molecule has 0 atom stereocenters. The zero-order valence-corrected chi connectivity index (χ0v) is 9.14. The van der Waals surface area contributed by atoms with Gasteiger partial charge in [-0.1, -0.05) is 29.8 Å². The van der Waals surface area contributed by atoms with Crippen LogP contribution in [0.5, 0.6) is 0 Å². The Kier molecular flexibility index (Phi) is 3.00. The van der Waals surface area contributed by atoms with E-state index < -0.39 is 0 Å². The Labute approximate surface area is 94.5 Å². The number of anilines is 2. The van der Waals surface area contributed by atoms with Gasteiger partial charge < -0.3 is 11.1 Å². The van der Waals surface area contributed by atoms with E-state index in [9.17, 15) is 0 Å². The molecule has 0 saturated heterocycles. The van der Waals surface area contributed by atoms with E-state index in [0.29, 0.717) is 18.2 Å². The number of nitrogens with two attached hydrogens (primary N) is 1. The van der Waals surface area contributed by atoms with Crippen molar-refractivity contribution < 1.29 is 0 Å². The highest BCUT2D eigenvalue weighted by molar-refractivity contribution is 5.36. The van der Waals surface area contributed by atoms with E-state index in [1.54, 1.807) is 12.4 Å². The summed E-state index contributed by atoms with van der Waals surface area (Å²) in [5.41, 5.74) is 8.53. The van der Waals surface area contributed by atoms with Gasteiger partial charge in [0.05, 0.1) is 18.1 Å². The van der Waals surface area contributed by atoms with Gasteiger partial charge in [0.15, 0.2) is 0 Å². The van der Waals surface area contributed by atoms with Crippen LogP contribution in [0.25, 0.3) is 0 Å². The second-order valence-corrected chi connectivity index (χ2v) is 3.68. The molecule has 2 aromatic rings. The monoisotopic (exact) mass is 214 g/mol. The number of rotatable bonds is 3. The highest BCUT2D eigenvalue weighted by Gasteiger charge is 1.96. The molecule has 0 radical (unpaired) electrons. The fraction of sp³-hybridized carbons (Fsp3) is 0.167. The first-order valence-corrected chi connectivity index (χ1v) is 5.11. The Bertz CT molecular complexity index is 465. The summed E-state index contributed by atoms with van der Waals surface area (Å²) in [6.07, 6.45) is 3.18. The van der Waals surface area contributed by atoms with Crippen LogP contribution in [0, 0.1) is 6.92 Å². The zero-order valence-electron chi connectivity index (χ0n) is 9.14. The Morgan fingerprint density at radius 2 is 2.00 bits per heavy atom. The summed E-state index contributed by atoms with van der Waals surface area (Å²) in [5, 5.41) is 3.14. The number of nitrogen functional groups attached to an aromatic ring is 1. The van der Waals surface area contributed by atoms with Crippen LogP contribution in [-0.2, 0) is 6.54 Å². The van der Waals surface area contributed by atoms with Crippen LogP contribution >= 0.6 is 0 Å². The van der Waals surface area contributed by atoms with Gasteiger partial charge >= 0.3 is 0 Å². The molecule has 0 bridgehead atoms. The van der Waals surface area contributed by atoms with Crippen LogP contribution < -0.4 is 11.1 Å². The Morgan fingerprint density at radius 3 is 2.69 bits per heavy atom. The van der Waals surface area contributed by atoms with Crippen molar-refractivity contribution in [1.82, 2.24) is 9.97 Å². The molecule has 4 nitrogen and oxygen atoms in total. The molecule has 1 aromatic heterocycles. The SMILES string of the molecule is Cc1cccc(CNc2ncc(N)cn2)c1. The maximum absolute atomic E-state index is 5.50. The topological polar surface area (TPSA) is 63.8 Å². The first kappa shape index (κ1) is 10.4. The first-order valence-electron chi connectivity index (χ1n) is 5.11. The quantitative estimate of drug-likeness (QED) is 0.820. The van der Waals surface area contributed by atoms with Crippen molar-refractivity contribution in [2.75, 3.05) is 11.1 Å². The van der Waals surface area contributed by atoms with Crippen LogP contribution in [0.3, 0.4) is 0 Å². The fourth-order valence-electron chi connectivity index (χ4n) is 1.43. The maximum Gasteiger partial charge on any atom is 0.222 e. The molecule has 1 aromatic carbocycles. The Morgan fingerprint density at radius 1 is 1.25 bits per heavy atom. The Hall–Kier alpha value is -2.10. The van der Waals surface area contributed by atoms with Crippen molar-refractivity contribution in [1.29, 1.82) is 0 Å². The highest BCUT2D eigenvalue weighted by Crippen LogP contribution is 2.07. The van der Waals surface area contributed by atoms with Crippen LogP contribution in [0.1, 0.15) is 11.1 Å². The van der Waals surface area contributed by atoms with Crippen molar-refractivity contribution in [3.8, 4) is 0 Å². The minimum atomic E-state index is 0.570. The lowest BCUT2D eigenvalue weighted by molar-refractivity contribution is 1.05. The molecule has 0 unspecified atom stereocenters. The molecule has 16 heavy (non-hydrogen) atoms. The third-order valence-electron chi connectivity index (χ3n) is 2.20. The normalized spacial score (nSPS) is 10.1. The molecule has 82 valence electrons. The third kappa shape index (κ3) is 2.70. The molecule has 0 aliphatic heterocycles. The van der Waals surface area contributed by atoms with E-state index in [0.717, 1.165) is 0 Å². The van der Waals surface area contributed by atoms with Crippen molar-refractivity contribution in [3.05, 3.63) is 47.8 Å². The van der Waals surface area contributed by atoms with Crippen LogP contribution in [0.2, 0.25) is 0 Å². The largest absolute Gasteiger partial charge is 0.396 e. The molecule has 0 fully saturated rings. The highest BCUT2D eigenvalue weighted by atomic mass is 15.1. The summed E-state index contributed by atoms with van der Waals surface area (Å²) in [5.74, 6) is 0.593. The molecule has 0 spiro atoms. The van der Waals surface area contributed by atoms with Crippen molar-refractivity contribution in [2.24, 2.45) is 0 Å². The smallest absolute Gasteiger partial charge is 0.222 e. The van der Waals surface area contributed by atoms with Gasteiger partial charge in [-0.3, -0.25) is 0 Å². The lowest BCUT2D eigenvalue weighted by Gasteiger charge is -2.05. The van der Waals surface area contributed by atoms with Gasteiger partial charge in [0.25, 0.3) is 0 Å². The minimum Gasteiger partial charge on any atom is -0.396 e. The molecular formula is C12H14N4.